The molecule has 1 atom stereocenters. The smallest absolute Gasteiger partial charge is 0.257 e. The van der Waals surface area contributed by atoms with Crippen molar-refractivity contribution in [3.05, 3.63) is 28.8 Å². The summed E-state index contributed by atoms with van der Waals surface area (Å²) in [5, 5.41) is 10.6. The number of nitrogens with two attached hydrogens (primary N) is 1. The number of likely N-dealkylation sites (N-methyl/N-ethyl adjacent to an activating group) is 1. The number of amides is 2. The molecule has 3 rings (SSSR count). The molecule has 2 fully saturated rings. The zero-order valence-corrected chi connectivity index (χ0v) is 17.5. The summed E-state index contributed by atoms with van der Waals surface area (Å²) in [6.45, 7) is 1.93. The molecule has 2 amide bonds. The molecule has 2 saturated heterocycles. The summed E-state index contributed by atoms with van der Waals surface area (Å²) in [5.41, 5.74) is 5.32. The number of piperidine rings is 2. The van der Waals surface area contributed by atoms with Crippen LogP contribution in [-0.4, -0.2) is 72.7 Å². The van der Waals surface area contributed by atoms with Crippen molar-refractivity contribution in [3.63, 3.8) is 0 Å². The van der Waals surface area contributed by atoms with Crippen LogP contribution >= 0.6 is 24.0 Å². The molecule has 2 heterocycles. The molecule has 7 nitrogen and oxygen atoms in total. The summed E-state index contributed by atoms with van der Waals surface area (Å²) in [7, 11) is 1.72. The Morgan fingerprint density at radius 2 is 2.07 bits per heavy atom. The molecule has 3 N–H and O–H groups in total. The maximum absolute atomic E-state index is 13.0. The van der Waals surface area contributed by atoms with Gasteiger partial charge in [-0.15, -0.1) is 12.4 Å². The van der Waals surface area contributed by atoms with Gasteiger partial charge in [-0.25, -0.2) is 0 Å². The van der Waals surface area contributed by atoms with E-state index in [0.717, 1.165) is 0 Å². The van der Waals surface area contributed by atoms with Gasteiger partial charge in [0.2, 0.25) is 5.91 Å². The van der Waals surface area contributed by atoms with Gasteiger partial charge in [0.1, 0.15) is 12.4 Å². The van der Waals surface area contributed by atoms with Crippen molar-refractivity contribution in [1.82, 2.24) is 9.80 Å². The van der Waals surface area contributed by atoms with Crippen molar-refractivity contribution in [2.45, 2.75) is 25.4 Å². The normalized spacial score (nSPS) is 21.4. The monoisotopic (exact) mass is 431 g/mol. The topological polar surface area (TPSA) is 96.1 Å². The van der Waals surface area contributed by atoms with E-state index < -0.39 is 11.5 Å². The average Bonchev–Trinajstić information content (AvgIpc) is 2.65. The second kappa shape index (κ2) is 9.31. The van der Waals surface area contributed by atoms with Crippen LogP contribution in [0.5, 0.6) is 5.75 Å². The Bertz CT molecular complexity index is 723. The lowest BCUT2D eigenvalue weighted by Crippen LogP contribution is -2.56. The van der Waals surface area contributed by atoms with Gasteiger partial charge in [0.05, 0.1) is 17.1 Å². The van der Waals surface area contributed by atoms with Gasteiger partial charge in [-0.2, -0.15) is 0 Å². The van der Waals surface area contributed by atoms with Crippen molar-refractivity contribution in [2.24, 2.45) is 11.1 Å². The molecule has 0 aliphatic carbocycles. The minimum absolute atomic E-state index is 0. The number of aliphatic hydroxyl groups excluding tert-OH is 1. The predicted octanol–water partition coefficient (Wildman–Crippen LogP) is 1.54. The molecule has 1 aromatic carbocycles. The van der Waals surface area contributed by atoms with Gasteiger partial charge in [-0.1, -0.05) is 11.6 Å². The molecule has 28 heavy (non-hydrogen) atoms. The number of hydrogen-bond acceptors (Lipinski definition) is 5. The molecule has 9 heteroatoms. The van der Waals surface area contributed by atoms with Gasteiger partial charge in [-0.3, -0.25) is 9.59 Å². The molecule has 1 aromatic rings. The van der Waals surface area contributed by atoms with E-state index in [-0.39, 0.29) is 24.2 Å². The number of ether oxygens (including phenoxy) is 1. The summed E-state index contributed by atoms with van der Waals surface area (Å²) >= 11 is 6.07. The van der Waals surface area contributed by atoms with E-state index in [1.807, 2.05) is 0 Å². The quantitative estimate of drug-likeness (QED) is 0.753. The summed E-state index contributed by atoms with van der Waals surface area (Å²) in [5.74, 6) is 0.352. The van der Waals surface area contributed by atoms with Crippen LogP contribution < -0.4 is 10.5 Å². The van der Waals surface area contributed by atoms with E-state index in [1.54, 1.807) is 35.0 Å². The van der Waals surface area contributed by atoms with Crippen molar-refractivity contribution in [1.29, 1.82) is 0 Å². The Kier molecular flexibility index (Phi) is 7.56. The van der Waals surface area contributed by atoms with E-state index in [4.69, 9.17) is 22.1 Å². The number of rotatable bonds is 4. The van der Waals surface area contributed by atoms with E-state index in [0.29, 0.717) is 68.4 Å². The molecule has 156 valence electrons. The third-order valence-electron chi connectivity index (χ3n) is 5.47. The van der Waals surface area contributed by atoms with Gasteiger partial charge in [0.15, 0.2) is 0 Å². The van der Waals surface area contributed by atoms with Crippen LogP contribution in [0.4, 0.5) is 0 Å². The first kappa shape index (κ1) is 22.7. The second-order valence-electron chi connectivity index (χ2n) is 7.39. The fourth-order valence-corrected chi connectivity index (χ4v) is 4.27. The van der Waals surface area contributed by atoms with Crippen LogP contribution in [-0.2, 0) is 4.79 Å². The second-order valence-corrected chi connectivity index (χ2v) is 7.83. The molecular formula is C19H27Cl2N3O4. The fraction of sp³-hybridized carbons (Fsp3) is 0.579. The summed E-state index contributed by atoms with van der Waals surface area (Å²) in [4.78, 5) is 29.0. The predicted molar refractivity (Wildman–Crippen MR) is 109 cm³/mol. The molecule has 0 bridgehead atoms. The zero-order valence-electron chi connectivity index (χ0n) is 15.9. The number of halogens is 2. The standard InChI is InChI=1S/C19H26ClN3O4.ClH/c1-22-12-14(24)11-19(18(22)26)4-7-23(8-5-19)17(25)15-10-13(20)2-3-16(15)27-9-6-21;/h2-3,10,14,24H,4-9,11-12,21H2,1H3;1H. The number of benzene rings is 1. The van der Waals surface area contributed by atoms with Crippen LogP contribution in [0.1, 0.15) is 29.6 Å². The first-order valence-corrected chi connectivity index (χ1v) is 9.59. The maximum atomic E-state index is 13.0. The number of likely N-dealkylation sites (tertiary alicyclic amines) is 2. The fourth-order valence-electron chi connectivity index (χ4n) is 4.10. The number of carbonyl (C=O) groups excluding carboxylic acids is 2. The zero-order chi connectivity index (χ0) is 19.6. The summed E-state index contributed by atoms with van der Waals surface area (Å²) in [6, 6.07) is 4.95. The Balaban J connectivity index is 0.00000280. The SMILES string of the molecule is CN1CC(O)CC2(CCN(C(=O)c3cc(Cl)ccc3OCCN)CC2)C1=O.Cl. The van der Waals surface area contributed by atoms with E-state index >= 15 is 0 Å². The largest absolute Gasteiger partial charge is 0.491 e. The van der Waals surface area contributed by atoms with Crippen LogP contribution in [0.25, 0.3) is 0 Å². The van der Waals surface area contributed by atoms with Gasteiger partial charge in [0.25, 0.3) is 5.91 Å². The first-order valence-electron chi connectivity index (χ1n) is 9.21. The average molecular weight is 432 g/mol. The number of hydrogen-bond donors (Lipinski definition) is 2. The summed E-state index contributed by atoms with van der Waals surface area (Å²) < 4.78 is 5.58. The lowest BCUT2D eigenvalue weighted by atomic mass is 9.71. The maximum Gasteiger partial charge on any atom is 0.257 e. The van der Waals surface area contributed by atoms with E-state index in [9.17, 15) is 14.7 Å². The molecule has 2 aliphatic rings. The Morgan fingerprint density at radius 3 is 2.71 bits per heavy atom. The van der Waals surface area contributed by atoms with E-state index in [1.165, 1.54) is 0 Å². The lowest BCUT2D eigenvalue weighted by Gasteiger charge is -2.47. The van der Waals surface area contributed by atoms with Gasteiger partial charge in [-0.05, 0) is 37.5 Å². The Morgan fingerprint density at radius 1 is 1.39 bits per heavy atom. The Labute approximate surface area is 176 Å². The van der Waals surface area contributed by atoms with Crippen LogP contribution in [0.3, 0.4) is 0 Å². The van der Waals surface area contributed by atoms with Crippen LogP contribution in [0, 0.1) is 5.41 Å². The third kappa shape index (κ3) is 4.54. The first-order chi connectivity index (χ1) is 12.9. The highest BCUT2D eigenvalue weighted by atomic mass is 35.5. The highest BCUT2D eigenvalue weighted by molar-refractivity contribution is 6.31. The van der Waals surface area contributed by atoms with Gasteiger partial charge in [0, 0.05) is 38.2 Å². The molecule has 0 aromatic heterocycles. The molecule has 0 radical (unpaired) electrons. The van der Waals surface area contributed by atoms with E-state index in [2.05, 4.69) is 0 Å². The summed E-state index contributed by atoms with van der Waals surface area (Å²) in [6.07, 6.45) is 1.02. The highest BCUT2D eigenvalue weighted by Crippen LogP contribution is 2.41. The van der Waals surface area contributed by atoms with Crippen molar-refractivity contribution < 1.29 is 19.4 Å². The molecule has 1 spiro atoms. The van der Waals surface area contributed by atoms with Crippen molar-refractivity contribution in [2.75, 3.05) is 39.8 Å². The minimum Gasteiger partial charge on any atom is -0.491 e. The third-order valence-corrected chi connectivity index (χ3v) is 5.70. The number of nitrogens with zero attached hydrogens (tertiary/aromatic N) is 2. The number of aliphatic hydroxyl groups is 1. The Hall–Kier alpha value is -1.54. The highest BCUT2D eigenvalue weighted by Gasteiger charge is 2.48. The molecule has 2 aliphatic heterocycles. The van der Waals surface area contributed by atoms with Crippen LogP contribution in [0.15, 0.2) is 18.2 Å². The molecule has 0 saturated carbocycles. The van der Waals surface area contributed by atoms with Crippen molar-refractivity contribution in [3.8, 4) is 5.75 Å². The number of carbonyl (C=O) groups is 2. The molecular weight excluding hydrogens is 405 g/mol. The number of β-amino-alcohol motifs (C(OH)–C–C–N with tert-alkyl or cyclic N) is 1. The minimum atomic E-state index is -0.573. The van der Waals surface area contributed by atoms with Gasteiger partial charge >= 0.3 is 0 Å². The molecule has 1 unspecified atom stereocenters. The lowest BCUT2D eigenvalue weighted by molar-refractivity contribution is -0.154. The van der Waals surface area contributed by atoms with Gasteiger partial charge < -0.3 is 25.4 Å². The van der Waals surface area contributed by atoms with Crippen LogP contribution in [0.2, 0.25) is 5.02 Å². The van der Waals surface area contributed by atoms with Crippen molar-refractivity contribution >= 4 is 35.8 Å².